The molecule has 0 aromatic carbocycles. The minimum atomic E-state index is 0.791. The Morgan fingerprint density at radius 1 is 1.37 bits per heavy atom. The molecule has 0 saturated carbocycles. The molecule has 0 N–H and O–H groups in total. The van der Waals surface area contributed by atoms with Crippen LogP contribution in [0, 0.1) is 11.8 Å². The number of nitrogens with zero attached hydrogens (tertiary/aromatic N) is 2. The van der Waals surface area contributed by atoms with Crippen LogP contribution in [0.5, 0.6) is 5.75 Å². The van der Waals surface area contributed by atoms with E-state index in [9.17, 15) is 0 Å². The van der Waals surface area contributed by atoms with Crippen molar-refractivity contribution in [3.63, 3.8) is 0 Å². The van der Waals surface area contributed by atoms with Gasteiger partial charge in [0.1, 0.15) is 0 Å². The van der Waals surface area contributed by atoms with Crippen LogP contribution in [-0.2, 0) is 6.42 Å². The van der Waals surface area contributed by atoms with Gasteiger partial charge in [-0.15, -0.1) is 0 Å². The average molecular weight is 262 g/mol. The molecular weight excluding hydrogens is 236 g/mol. The molecule has 1 aliphatic heterocycles. The highest BCUT2D eigenvalue weighted by Crippen LogP contribution is 2.32. The number of methoxy groups -OCH3 is 1. The fraction of sp³-hybridized carbons (Fsp3) is 0.688. The molecule has 0 radical (unpaired) electrons. The number of aromatic nitrogens is 1. The Balaban J connectivity index is 2.10. The molecule has 1 saturated heterocycles. The summed E-state index contributed by atoms with van der Waals surface area (Å²) in [6.07, 6.45) is 5.50. The molecule has 106 valence electrons. The summed E-state index contributed by atoms with van der Waals surface area (Å²) in [6.45, 7) is 8.99. The van der Waals surface area contributed by atoms with Crippen molar-refractivity contribution in [2.24, 2.45) is 11.8 Å². The third kappa shape index (κ3) is 3.20. The number of ether oxygens (including phenoxy) is 1. The maximum Gasteiger partial charge on any atom is 0.171 e. The first-order valence-electron chi connectivity index (χ1n) is 7.43. The molecular formula is C16H26N2O. The number of aryl methyl sites for hydroxylation is 1. The minimum Gasteiger partial charge on any atom is -0.493 e. The predicted octanol–water partition coefficient (Wildman–Crippen LogP) is 3.53. The lowest BCUT2D eigenvalue weighted by atomic mass is 9.87. The normalized spacial score (nSPS) is 17.0. The van der Waals surface area contributed by atoms with E-state index in [0.29, 0.717) is 0 Å². The van der Waals surface area contributed by atoms with Crippen molar-refractivity contribution in [2.75, 3.05) is 25.1 Å². The van der Waals surface area contributed by atoms with Crippen molar-refractivity contribution in [3.05, 3.63) is 17.8 Å². The van der Waals surface area contributed by atoms with Crippen molar-refractivity contribution in [1.29, 1.82) is 0 Å². The van der Waals surface area contributed by atoms with Gasteiger partial charge >= 0.3 is 0 Å². The van der Waals surface area contributed by atoms with E-state index >= 15 is 0 Å². The standard InChI is InChI=1S/C16H26N2O/c1-5-13-10-15(19-4)16(17-11-13)18-8-6-14(7-9-18)12(2)3/h10-12,14H,5-9H2,1-4H3. The third-order valence-corrected chi connectivity index (χ3v) is 4.30. The van der Waals surface area contributed by atoms with Crippen LogP contribution in [0.1, 0.15) is 39.2 Å². The Morgan fingerprint density at radius 3 is 2.58 bits per heavy atom. The van der Waals surface area contributed by atoms with Crippen molar-refractivity contribution in [2.45, 2.75) is 40.0 Å². The van der Waals surface area contributed by atoms with E-state index in [1.807, 2.05) is 6.20 Å². The lowest BCUT2D eigenvalue weighted by Gasteiger charge is -2.35. The average Bonchev–Trinajstić information content (AvgIpc) is 2.46. The summed E-state index contributed by atoms with van der Waals surface area (Å²) in [7, 11) is 1.74. The molecule has 1 aromatic rings. The zero-order valence-corrected chi connectivity index (χ0v) is 12.6. The van der Waals surface area contributed by atoms with E-state index in [-0.39, 0.29) is 0 Å². The van der Waals surface area contributed by atoms with E-state index in [0.717, 1.165) is 42.9 Å². The van der Waals surface area contributed by atoms with E-state index in [1.54, 1.807) is 7.11 Å². The van der Waals surface area contributed by atoms with Gasteiger partial charge in [-0.1, -0.05) is 20.8 Å². The summed E-state index contributed by atoms with van der Waals surface area (Å²) in [5.41, 5.74) is 1.23. The molecule has 3 heteroatoms. The SMILES string of the molecule is CCc1cnc(N2CCC(C(C)C)CC2)c(OC)c1. The summed E-state index contributed by atoms with van der Waals surface area (Å²) in [5, 5.41) is 0. The van der Waals surface area contributed by atoms with Crippen LogP contribution in [0.25, 0.3) is 0 Å². The lowest BCUT2D eigenvalue weighted by molar-refractivity contribution is 0.309. The zero-order chi connectivity index (χ0) is 13.8. The second-order valence-electron chi connectivity index (χ2n) is 5.79. The highest BCUT2D eigenvalue weighted by atomic mass is 16.5. The highest BCUT2D eigenvalue weighted by molar-refractivity contribution is 5.53. The van der Waals surface area contributed by atoms with Gasteiger partial charge in [-0.05, 0) is 42.7 Å². The Kier molecular flexibility index (Phi) is 4.67. The topological polar surface area (TPSA) is 25.4 Å². The smallest absolute Gasteiger partial charge is 0.171 e. The van der Waals surface area contributed by atoms with Gasteiger partial charge in [0.05, 0.1) is 7.11 Å². The number of piperidine rings is 1. The Hall–Kier alpha value is -1.25. The fourth-order valence-corrected chi connectivity index (χ4v) is 2.84. The Morgan fingerprint density at radius 2 is 2.05 bits per heavy atom. The molecule has 1 fully saturated rings. The third-order valence-electron chi connectivity index (χ3n) is 4.30. The first kappa shape index (κ1) is 14.2. The Labute approximate surface area is 117 Å². The van der Waals surface area contributed by atoms with Crippen LogP contribution in [0.4, 0.5) is 5.82 Å². The van der Waals surface area contributed by atoms with Gasteiger partial charge in [0.15, 0.2) is 11.6 Å². The van der Waals surface area contributed by atoms with E-state index in [2.05, 4.69) is 36.7 Å². The summed E-state index contributed by atoms with van der Waals surface area (Å²) in [6, 6.07) is 2.12. The van der Waals surface area contributed by atoms with Crippen LogP contribution >= 0.6 is 0 Å². The maximum absolute atomic E-state index is 5.51. The molecule has 0 atom stereocenters. The molecule has 19 heavy (non-hydrogen) atoms. The van der Waals surface area contributed by atoms with Crippen LogP contribution < -0.4 is 9.64 Å². The molecule has 0 amide bonds. The van der Waals surface area contributed by atoms with Gasteiger partial charge in [-0.3, -0.25) is 0 Å². The van der Waals surface area contributed by atoms with Gasteiger partial charge in [-0.2, -0.15) is 0 Å². The number of pyridine rings is 1. The summed E-state index contributed by atoms with van der Waals surface area (Å²) in [5.74, 6) is 3.58. The summed E-state index contributed by atoms with van der Waals surface area (Å²) in [4.78, 5) is 6.99. The number of rotatable bonds is 4. The molecule has 0 aliphatic carbocycles. The molecule has 2 rings (SSSR count). The van der Waals surface area contributed by atoms with Crippen LogP contribution in [0.15, 0.2) is 12.3 Å². The van der Waals surface area contributed by atoms with Crippen LogP contribution in [-0.4, -0.2) is 25.2 Å². The van der Waals surface area contributed by atoms with Crippen molar-refractivity contribution in [1.82, 2.24) is 4.98 Å². The first-order valence-corrected chi connectivity index (χ1v) is 7.43. The van der Waals surface area contributed by atoms with Crippen LogP contribution in [0.3, 0.4) is 0 Å². The van der Waals surface area contributed by atoms with Gasteiger partial charge in [0, 0.05) is 19.3 Å². The largest absolute Gasteiger partial charge is 0.493 e. The van der Waals surface area contributed by atoms with Crippen molar-refractivity contribution in [3.8, 4) is 5.75 Å². The number of hydrogen-bond acceptors (Lipinski definition) is 3. The molecule has 2 heterocycles. The molecule has 3 nitrogen and oxygen atoms in total. The molecule has 1 aromatic heterocycles. The van der Waals surface area contributed by atoms with Crippen molar-refractivity contribution < 1.29 is 4.74 Å². The van der Waals surface area contributed by atoms with E-state index in [4.69, 9.17) is 4.74 Å². The maximum atomic E-state index is 5.51. The molecule has 0 spiro atoms. The number of anilines is 1. The fourth-order valence-electron chi connectivity index (χ4n) is 2.84. The van der Waals surface area contributed by atoms with Crippen LogP contribution in [0.2, 0.25) is 0 Å². The van der Waals surface area contributed by atoms with E-state index in [1.165, 1.54) is 18.4 Å². The quantitative estimate of drug-likeness (QED) is 0.830. The molecule has 0 bridgehead atoms. The Bertz CT molecular complexity index is 409. The minimum absolute atomic E-state index is 0.791. The lowest BCUT2D eigenvalue weighted by Crippen LogP contribution is -2.36. The van der Waals surface area contributed by atoms with Crippen molar-refractivity contribution >= 4 is 5.82 Å². The monoisotopic (exact) mass is 262 g/mol. The van der Waals surface area contributed by atoms with E-state index < -0.39 is 0 Å². The van der Waals surface area contributed by atoms with Gasteiger partial charge in [0.2, 0.25) is 0 Å². The second-order valence-corrected chi connectivity index (χ2v) is 5.79. The predicted molar refractivity (Wildman–Crippen MR) is 79.9 cm³/mol. The summed E-state index contributed by atoms with van der Waals surface area (Å²) < 4.78 is 5.51. The summed E-state index contributed by atoms with van der Waals surface area (Å²) >= 11 is 0. The van der Waals surface area contributed by atoms with Gasteiger partial charge in [-0.25, -0.2) is 4.98 Å². The number of hydrogen-bond donors (Lipinski definition) is 0. The highest BCUT2D eigenvalue weighted by Gasteiger charge is 2.24. The first-order chi connectivity index (χ1) is 9.15. The second kappa shape index (κ2) is 6.27. The molecule has 0 unspecified atom stereocenters. The van der Waals surface area contributed by atoms with Gasteiger partial charge < -0.3 is 9.64 Å². The molecule has 1 aliphatic rings. The van der Waals surface area contributed by atoms with Gasteiger partial charge in [0.25, 0.3) is 0 Å². The zero-order valence-electron chi connectivity index (χ0n) is 12.6.